The van der Waals surface area contributed by atoms with Crippen molar-refractivity contribution in [3.8, 4) is 5.75 Å². The van der Waals surface area contributed by atoms with Crippen molar-refractivity contribution < 1.29 is 12.6 Å². The molecule has 1 saturated heterocycles. The molecule has 1 atom stereocenters. The average Bonchev–Trinajstić information content (AvgIpc) is 2.96. The highest BCUT2D eigenvalue weighted by atomic mass is 79.9. The Labute approximate surface area is 137 Å². The summed E-state index contributed by atoms with van der Waals surface area (Å²) in [7, 11) is -3.75. The number of rotatable bonds is 1. The van der Waals surface area contributed by atoms with Gasteiger partial charge in [0.25, 0.3) is 0 Å². The van der Waals surface area contributed by atoms with Gasteiger partial charge in [-0.05, 0) is 30.3 Å². The Morgan fingerprint density at radius 2 is 1.91 bits per heavy atom. The van der Waals surface area contributed by atoms with Crippen LogP contribution in [0, 0.1) is 0 Å². The van der Waals surface area contributed by atoms with Gasteiger partial charge in [-0.1, -0.05) is 34.1 Å². The molecule has 0 saturated carbocycles. The van der Waals surface area contributed by atoms with Gasteiger partial charge in [0.15, 0.2) is 0 Å². The fraction of sp³-hybridized carbons (Fsp3) is 0.200. The van der Waals surface area contributed by atoms with Gasteiger partial charge >= 0.3 is 10.3 Å². The summed E-state index contributed by atoms with van der Waals surface area (Å²) in [6.07, 6.45) is 0. The third-order valence-electron chi connectivity index (χ3n) is 3.99. The van der Waals surface area contributed by atoms with Gasteiger partial charge in [0, 0.05) is 22.3 Å². The van der Waals surface area contributed by atoms with E-state index in [9.17, 15) is 8.42 Å². The molecule has 0 radical (unpaired) electrons. The molecule has 0 unspecified atom stereocenters. The third-order valence-corrected chi connectivity index (χ3v) is 5.81. The summed E-state index contributed by atoms with van der Waals surface area (Å²) in [6.45, 7) is 0.902. The van der Waals surface area contributed by atoms with E-state index in [-0.39, 0.29) is 6.04 Å². The molecule has 0 spiro atoms. The molecule has 0 N–H and O–H groups in total. The summed E-state index contributed by atoms with van der Waals surface area (Å²) in [5, 5.41) is 0. The van der Waals surface area contributed by atoms with Crippen LogP contribution in [0.1, 0.15) is 11.6 Å². The van der Waals surface area contributed by atoms with E-state index in [2.05, 4.69) is 15.9 Å². The lowest BCUT2D eigenvalue weighted by atomic mass is 10.1. The molecule has 22 heavy (non-hydrogen) atoms. The highest BCUT2D eigenvalue weighted by Crippen LogP contribution is 2.43. The lowest BCUT2D eigenvalue weighted by molar-refractivity contribution is 0.321. The average molecular weight is 381 g/mol. The minimum atomic E-state index is -3.75. The van der Waals surface area contributed by atoms with Crippen molar-refractivity contribution in [3.63, 3.8) is 0 Å². The second kappa shape index (κ2) is 4.97. The highest BCUT2D eigenvalue weighted by molar-refractivity contribution is 9.10. The molecule has 1 fully saturated rings. The zero-order chi connectivity index (χ0) is 15.3. The van der Waals surface area contributed by atoms with Gasteiger partial charge in [-0.15, -0.1) is 4.31 Å². The highest BCUT2D eigenvalue weighted by Gasteiger charge is 2.45. The van der Waals surface area contributed by atoms with Crippen LogP contribution < -0.4 is 9.08 Å². The zero-order valence-electron chi connectivity index (χ0n) is 11.5. The molecule has 0 aromatic heterocycles. The molecule has 0 bridgehead atoms. The van der Waals surface area contributed by atoms with Crippen molar-refractivity contribution in [3.05, 3.63) is 58.6 Å². The maximum atomic E-state index is 12.4. The van der Waals surface area contributed by atoms with Crippen molar-refractivity contribution in [2.24, 2.45) is 0 Å². The Morgan fingerprint density at radius 1 is 1.14 bits per heavy atom. The van der Waals surface area contributed by atoms with Crippen LogP contribution in [-0.2, 0) is 10.3 Å². The number of para-hydroxylation sites is 1. The Balaban J connectivity index is 1.78. The molecule has 0 amide bonds. The quantitative estimate of drug-likeness (QED) is 0.762. The van der Waals surface area contributed by atoms with Gasteiger partial charge in [-0.3, -0.25) is 0 Å². The van der Waals surface area contributed by atoms with Gasteiger partial charge in [-0.2, -0.15) is 8.42 Å². The number of hydrogen-bond donors (Lipinski definition) is 0. The van der Waals surface area contributed by atoms with E-state index >= 15 is 0 Å². The zero-order valence-corrected chi connectivity index (χ0v) is 13.9. The summed E-state index contributed by atoms with van der Waals surface area (Å²) < 4.78 is 32.3. The smallest absolute Gasteiger partial charge is 0.370 e. The molecule has 7 heteroatoms. The molecule has 2 aromatic rings. The normalized spacial score (nSPS) is 22.8. The molecular weight excluding hydrogens is 368 g/mol. The molecule has 114 valence electrons. The van der Waals surface area contributed by atoms with E-state index in [1.807, 2.05) is 41.3 Å². The second-order valence-electron chi connectivity index (χ2n) is 5.33. The van der Waals surface area contributed by atoms with Crippen LogP contribution >= 0.6 is 15.9 Å². The van der Waals surface area contributed by atoms with Crippen LogP contribution in [0.3, 0.4) is 0 Å². The Morgan fingerprint density at radius 3 is 2.68 bits per heavy atom. The Hall–Kier alpha value is -1.57. The molecule has 5 nitrogen and oxygen atoms in total. The lowest BCUT2D eigenvalue weighted by Gasteiger charge is -2.29. The number of benzene rings is 2. The summed E-state index contributed by atoms with van der Waals surface area (Å²) in [4.78, 5) is 2.04. The topological polar surface area (TPSA) is 49.9 Å². The number of fused-ring (bicyclic) bond motifs is 3. The first-order chi connectivity index (χ1) is 10.5. The standard InChI is InChI=1S/C15H13BrN2O3S/c16-11-6-7-15-13(8-11)14-9-17(12-4-2-1-3-5-12)10-18(14)22(19,20)21-15/h1-8,14H,9-10H2/t14-/m0/s1. The number of hydrogen-bond acceptors (Lipinski definition) is 4. The van der Waals surface area contributed by atoms with Crippen LogP contribution in [0.25, 0.3) is 0 Å². The third kappa shape index (κ3) is 2.20. The fourth-order valence-electron chi connectivity index (χ4n) is 2.95. The minimum Gasteiger partial charge on any atom is -0.370 e. The van der Waals surface area contributed by atoms with Crippen LogP contribution in [0.15, 0.2) is 53.0 Å². The van der Waals surface area contributed by atoms with Gasteiger partial charge in [0.05, 0.1) is 12.7 Å². The molecular formula is C15H13BrN2O3S. The SMILES string of the molecule is O=S1(=O)Oc2ccc(Br)cc2[C@@H]2CN(c3ccccc3)CN21. The van der Waals surface area contributed by atoms with E-state index < -0.39 is 10.3 Å². The summed E-state index contributed by atoms with van der Waals surface area (Å²) in [5.41, 5.74) is 1.89. The van der Waals surface area contributed by atoms with Crippen molar-refractivity contribution in [2.75, 3.05) is 18.1 Å². The molecule has 0 aliphatic carbocycles. The van der Waals surface area contributed by atoms with E-state index in [1.54, 1.807) is 12.1 Å². The first kappa shape index (κ1) is 14.0. The Kier molecular flexibility index (Phi) is 3.18. The van der Waals surface area contributed by atoms with Crippen LogP contribution in [-0.4, -0.2) is 25.9 Å². The molecule has 2 heterocycles. The van der Waals surface area contributed by atoms with Gasteiger partial charge in [0.1, 0.15) is 5.75 Å². The van der Waals surface area contributed by atoms with Crippen molar-refractivity contribution in [1.82, 2.24) is 4.31 Å². The Bertz CT molecular complexity index is 826. The number of nitrogens with zero attached hydrogens (tertiary/aromatic N) is 2. The minimum absolute atomic E-state index is 0.230. The van der Waals surface area contributed by atoms with Crippen molar-refractivity contribution in [2.45, 2.75) is 6.04 Å². The molecule has 2 aromatic carbocycles. The maximum absolute atomic E-state index is 12.4. The van der Waals surface area contributed by atoms with Crippen LogP contribution in [0.4, 0.5) is 5.69 Å². The summed E-state index contributed by atoms with van der Waals surface area (Å²) >= 11 is 3.44. The summed E-state index contributed by atoms with van der Waals surface area (Å²) in [6, 6.07) is 15.0. The van der Waals surface area contributed by atoms with E-state index in [4.69, 9.17) is 4.18 Å². The van der Waals surface area contributed by atoms with Crippen molar-refractivity contribution >= 4 is 31.9 Å². The molecule has 2 aliphatic rings. The van der Waals surface area contributed by atoms with Gasteiger partial charge in [0.2, 0.25) is 0 Å². The summed E-state index contributed by atoms with van der Waals surface area (Å²) in [5.74, 6) is 0.416. The van der Waals surface area contributed by atoms with E-state index in [0.29, 0.717) is 19.0 Å². The monoisotopic (exact) mass is 380 g/mol. The predicted molar refractivity (Wildman–Crippen MR) is 86.9 cm³/mol. The largest absolute Gasteiger partial charge is 0.387 e. The van der Waals surface area contributed by atoms with Crippen LogP contribution in [0.5, 0.6) is 5.75 Å². The van der Waals surface area contributed by atoms with Crippen LogP contribution in [0.2, 0.25) is 0 Å². The fourth-order valence-corrected chi connectivity index (χ4v) is 4.57. The lowest BCUT2D eigenvalue weighted by Crippen LogP contribution is -2.39. The first-order valence-electron chi connectivity index (χ1n) is 6.85. The number of halogens is 1. The first-order valence-corrected chi connectivity index (χ1v) is 9.01. The second-order valence-corrected chi connectivity index (χ2v) is 7.73. The maximum Gasteiger partial charge on any atom is 0.387 e. The van der Waals surface area contributed by atoms with Gasteiger partial charge in [-0.25, -0.2) is 0 Å². The van der Waals surface area contributed by atoms with E-state index in [1.165, 1.54) is 4.31 Å². The predicted octanol–water partition coefficient (Wildman–Crippen LogP) is 2.91. The molecule has 2 aliphatic heterocycles. The molecule has 4 rings (SSSR count). The van der Waals surface area contributed by atoms with Crippen molar-refractivity contribution in [1.29, 1.82) is 0 Å². The van der Waals surface area contributed by atoms with E-state index in [0.717, 1.165) is 15.7 Å². The number of anilines is 1. The van der Waals surface area contributed by atoms with Gasteiger partial charge < -0.3 is 9.08 Å².